The van der Waals surface area contributed by atoms with Crippen molar-refractivity contribution in [2.24, 2.45) is 0 Å². The number of carbonyl (C=O) groups is 1. The quantitative estimate of drug-likeness (QED) is 0.402. The largest absolute Gasteiger partial charge is 0.461 e. The molecule has 28 heavy (non-hydrogen) atoms. The summed E-state index contributed by atoms with van der Waals surface area (Å²) in [7, 11) is 0. The number of rotatable bonds is 6. The molecule has 3 aromatic rings. The van der Waals surface area contributed by atoms with Gasteiger partial charge in [-0.1, -0.05) is 31.0 Å². The average molecular weight is 399 g/mol. The summed E-state index contributed by atoms with van der Waals surface area (Å²) >= 11 is 1.39. The van der Waals surface area contributed by atoms with Gasteiger partial charge in [-0.15, -0.1) is 10.2 Å². The van der Waals surface area contributed by atoms with Crippen LogP contribution in [0.2, 0.25) is 0 Å². The first kappa shape index (κ1) is 18.9. The molecule has 0 aliphatic heterocycles. The second-order valence-corrected chi connectivity index (χ2v) is 8.38. The number of ketones is 1. The molecule has 2 aromatic heterocycles. The maximum atomic E-state index is 13.1. The molecule has 1 atom stereocenters. The molecule has 0 spiro atoms. The van der Waals surface area contributed by atoms with E-state index in [2.05, 4.69) is 14.8 Å². The minimum atomic E-state index is -0.360. The van der Waals surface area contributed by atoms with Crippen molar-refractivity contribution >= 4 is 17.5 Å². The van der Waals surface area contributed by atoms with Gasteiger partial charge in [0.05, 0.1) is 11.5 Å². The monoisotopic (exact) mass is 399 g/mol. The Balaban J connectivity index is 1.61. The highest BCUT2D eigenvalue weighted by molar-refractivity contribution is 8.00. The van der Waals surface area contributed by atoms with Crippen LogP contribution in [0.3, 0.4) is 0 Å². The predicted molar refractivity (Wildman–Crippen MR) is 106 cm³/mol. The van der Waals surface area contributed by atoms with E-state index in [-0.39, 0.29) is 16.9 Å². The lowest BCUT2D eigenvalue weighted by atomic mass is 9.95. The van der Waals surface area contributed by atoms with E-state index in [0.717, 1.165) is 18.0 Å². The third kappa shape index (κ3) is 3.90. The fourth-order valence-corrected chi connectivity index (χ4v) is 4.66. The van der Waals surface area contributed by atoms with Gasteiger partial charge in [-0.3, -0.25) is 9.36 Å². The highest BCUT2D eigenvalue weighted by Crippen LogP contribution is 2.37. The zero-order chi connectivity index (χ0) is 19.5. The smallest absolute Gasteiger partial charge is 0.200 e. The van der Waals surface area contributed by atoms with Gasteiger partial charge in [-0.25, -0.2) is 4.39 Å². The number of benzene rings is 1. The Hall–Kier alpha value is -2.41. The highest BCUT2D eigenvalue weighted by Gasteiger charge is 2.27. The van der Waals surface area contributed by atoms with Crippen LogP contribution in [-0.4, -0.2) is 25.8 Å². The first-order chi connectivity index (χ1) is 13.6. The SMILES string of the molecule is CC(Sc1nnc(-c2ccco2)n1C1CCCCC1)C(=O)c1ccc(F)cc1. The lowest BCUT2D eigenvalue weighted by Crippen LogP contribution is -2.18. The standard InChI is InChI=1S/C21H22FN3O2S/c1-14(19(26)15-9-11-16(22)12-10-15)28-21-24-23-20(18-8-5-13-27-18)25(21)17-6-3-2-4-7-17/h5,8-14,17H,2-4,6-7H2,1H3. The average Bonchev–Trinajstić information content (AvgIpc) is 3.38. The third-order valence-electron chi connectivity index (χ3n) is 5.13. The van der Waals surface area contributed by atoms with Crippen molar-refractivity contribution in [3.63, 3.8) is 0 Å². The topological polar surface area (TPSA) is 60.9 Å². The molecule has 7 heteroatoms. The molecule has 1 fully saturated rings. The van der Waals surface area contributed by atoms with E-state index in [1.807, 2.05) is 19.1 Å². The van der Waals surface area contributed by atoms with Gasteiger partial charge in [0.1, 0.15) is 5.82 Å². The normalized spacial score (nSPS) is 16.2. The molecule has 1 saturated carbocycles. The van der Waals surface area contributed by atoms with Crippen LogP contribution in [0, 0.1) is 5.82 Å². The molecule has 0 amide bonds. The lowest BCUT2D eigenvalue weighted by molar-refractivity contribution is 0.0993. The number of nitrogens with zero attached hydrogens (tertiary/aromatic N) is 3. The lowest BCUT2D eigenvalue weighted by Gasteiger charge is -2.25. The van der Waals surface area contributed by atoms with Crippen LogP contribution < -0.4 is 0 Å². The van der Waals surface area contributed by atoms with E-state index in [4.69, 9.17) is 4.42 Å². The summed E-state index contributed by atoms with van der Waals surface area (Å²) in [5.74, 6) is 0.989. The fraction of sp³-hybridized carbons (Fsp3) is 0.381. The molecule has 146 valence electrons. The van der Waals surface area contributed by atoms with Gasteiger partial charge >= 0.3 is 0 Å². The van der Waals surface area contributed by atoms with Crippen molar-refractivity contribution in [3.8, 4) is 11.6 Å². The molecule has 1 aliphatic carbocycles. The molecular weight excluding hydrogens is 377 g/mol. The Kier molecular flexibility index (Phi) is 5.62. The number of carbonyl (C=O) groups excluding carboxylic acids is 1. The van der Waals surface area contributed by atoms with Gasteiger partial charge in [-0.05, 0) is 56.2 Å². The van der Waals surface area contributed by atoms with Crippen LogP contribution in [0.15, 0.2) is 52.2 Å². The van der Waals surface area contributed by atoms with Gasteiger partial charge in [0.25, 0.3) is 0 Å². The van der Waals surface area contributed by atoms with Gasteiger partial charge in [0, 0.05) is 11.6 Å². The van der Waals surface area contributed by atoms with Crippen molar-refractivity contribution in [2.45, 2.75) is 55.5 Å². The van der Waals surface area contributed by atoms with E-state index in [1.54, 1.807) is 6.26 Å². The Morgan fingerprint density at radius 1 is 1.18 bits per heavy atom. The number of aromatic nitrogens is 3. The first-order valence-corrected chi connectivity index (χ1v) is 10.5. The Morgan fingerprint density at radius 2 is 1.93 bits per heavy atom. The Morgan fingerprint density at radius 3 is 2.61 bits per heavy atom. The molecular formula is C21H22FN3O2S. The summed E-state index contributed by atoms with van der Waals surface area (Å²) in [4.78, 5) is 12.8. The summed E-state index contributed by atoms with van der Waals surface area (Å²) in [5.41, 5.74) is 0.497. The molecule has 5 nitrogen and oxygen atoms in total. The molecule has 4 rings (SSSR count). The van der Waals surface area contributed by atoms with E-state index < -0.39 is 0 Å². The second kappa shape index (κ2) is 8.31. The van der Waals surface area contributed by atoms with Gasteiger partial charge in [0.2, 0.25) is 5.82 Å². The maximum Gasteiger partial charge on any atom is 0.200 e. The number of halogens is 1. The minimum Gasteiger partial charge on any atom is -0.461 e. The first-order valence-electron chi connectivity index (χ1n) is 9.58. The summed E-state index contributed by atoms with van der Waals surface area (Å²) in [6.45, 7) is 1.85. The summed E-state index contributed by atoms with van der Waals surface area (Å²) in [5, 5.41) is 9.11. The zero-order valence-electron chi connectivity index (χ0n) is 15.7. The van der Waals surface area contributed by atoms with Crippen LogP contribution in [0.25, 0.3) is 11.6 Å². The minimum absolute atomic E-state index is 0.0530. The number of furan rings is 1. The van der Waals surface area contributed by atoms with Gasteiger partial charge in [0.15, 0.2) is 16.7 Å². The molecule has 0 N–H and O–H groups in total. The number of hydrogen-bond acceptors (Lipinski definition) is 5. The number of Topliss-reactive ketones (excluding diaryl/α,β-unsaturated/α-hetero) is 1. The molecule has 0 bridgehead atoms. The molecule has 1 aromatic carbocycles. The second-order valence-electron chi connectivity index (χ2n) is 7.08. The van der Waals surface area contributed by atoms with Gasteiger partial charge < -0.3 is 4.42 Å². The zero-order valence-corrected chi connectivity index (χ0v) is 16.5. The summed E-state index contributed by atoms with van der Waals surface area (Å²) in [6.07, 6.45) is 7.36. The van der Waals surface area contributed by atoms with E-state index in [0.29, 0.717) is 23.2 Å². The Labute approximate surface area is 167 Å². The molecule has 1 aliphatic rings. The summed E-state index contributed by atoms with van der Waals surface area (Å²) < 4.78 is 20.8. The third-order valence-corrected chi connectivity index (χ3v) is 6.18. The molecule has 0 radical (unpaired) electrons. The van der Waals surface area contributed by atoms with Crippen LogP contribution >= 0.6 is 11.8 Å². The van der Waals surface area contributed by atoms with E-state index in [1.165, 1.54) is 55.3 Å². The van der Waals surface area contributed by atoms with E-state index >= 15 is 0 Å². The van der Waals surface area contributed by atoms with Gasteiger partial charge in [-0.2, -0.15) is 0 Å². The van der Waals surface area contributed by atoms with Crippen LogP contribution in [-0.2, 0) is 0 Å². The van der Waals surface area contributed by atoms with Crippen molar-refractivity contribution in [2.75, 3.05) is 0 Å². The predicted octanol–water partition coefficient (Wildman–Crippen LogP) is 5.55. The van der Waals surface area contributed by atoms with Crippen molar-refractivity contribution in [1.82, 2.24) is 14.8 Å². The van der Waals surface area contributed by atoms with Crippen LogP contribution in [0.5, 0.6) is 0 Å². The van der Waals surface area contributed by atoms with Crippen molar-refractivity contribution < 1.29 is 13.6 Å². The van der Waals surface area contributed by atoms with Crippen molar-refractivity contribution in [3.05, 3.63) is 54.0 Å². The summed E-state index contributed by atoms with van der Waals surface area (Å²) in [6, 6.07) is 9.69. The maximum absolute atomic E-state index is 13.1. The molecule has 1 unspecified atom stereocenters. The molecule has 2 heterocycles. The van der Waals surface area contributed by atoms with E-state index in [9.17, 15) is 9.18 Å². The van der Waals surface area contributed by atoms with Crippen molar-refractivity contribution in [1.29, 1.82) is 0 Å². The molecule has 0 saturated heterocycles. The fourth-order valence-electron chi connectivity index (χ4n) is 3.66. The number of hydrogen-bond donors (Lipinski definition) is 0. The Bertz CT molecular complexity index is 931. The van der Waals surface area contributed by atoms with Crippen LogP contribution in [0.1, 0.15) is 55.4 Å². The van der Waals surface area contributed by atoms with Crippen LogP contribution in [0.4, 0.5) is 4.39 Å². The highest BCUT2D eigenvalue weighted by atomic mass is 32.2. The number of thioether (sulfide) groups is 1.